The topological polar surface area (TPSA) is 77.8 Å². The largest absolute Gasteiger partial charge is 0.456 e. The maximum atomic E-state index is 6.67. The molecule has 12 rings (SSSR count). The van der Waals surface area contributed by atoms with Crippen LogP contribution in [0.15, 0.2) is 179 Å². The highest BCUT2D eigenvalue weighted by molar-refractivity contribution is 7.25. The number of rotatable bonds is 5. The van der Waals surface area contributed by atoms with E-state index >= 15 is 0 Å². The van der Waals surface area contributed by atoms with Gasteiger partial charge in [0.15, 0.2) is 23.1 Å². The standard InChI is InChI=1S/C50H28N4O2S/c1-3-13-30(14-4-1)47-52-48(36-21-12-24-41-43(36)35-19-8-10-23-40(35)57-41)54-49(53-47)45-33(26-28-39-44(45)34-18-7-9-22-38(34)55-39)32-20-11-17-29-25-27-37-46(42(29)32)56-50(51-37)31-15-5-2-6-16-31/h1-28H. The molecule has 6 nitrogen and oxygen atoms in total. The molecule has 0 saturated carbocycles. The third kappa shape index (κ3) is 5.03. The van der Waals surface area contributed by atoms with Crippen molar-refractivity contribution in [2.45, 2.75) is 0 Å². The van der Waals surface area contributed by atoms with E-state index in [0.29, 0.717) is 23.4 Å². The first-order valence-electron chi connectivity index (χ1n) is 18.8. The van der Waals surface area contributed by atoms with Crippen LogP contribution in [-0.4, -0.2) is 19.9 Å². The Kier molecular flexibility index (Phi) is 7.00. The van der Waals surface area contributed by atoms with Crippen LogP contribution >= 0.6 is 11.3 Å². The molecule has 0 fully saturated rings. The summed E-state index contributed by atoms with van der Waals surface area (Å²) in [5.74, 6) is 2.32. The van der Waals surface area contributed by atoms with Crippen LogP contribution in [-0.2, 0) is 0 Å². The minimum Gasteiger partial charge on any atom is -0.456 e. The highest BCUT2D eigenvalue weighted by Crippen LogP contribution is 2.46. The lowest BCUT2D eigenvalue weighted by molar-refractivity contribution is 0.623. The second-order valence-corrected chi connectivity index (χ2v) is 15.2. The molecule has 0 aliphatic heterocycles. The highest BCUT2D eigenvalue weighted by Gasteiger charge is 2.25. The molecule has 0 aliphatic carbocycles. The van der Waals surface area contributed by atoms with Crippen LogP contribution in [0.5, 0.6) is 0 Å². The van der Waals surface area contributed by atoms with Crippen molar-refractivity contribution in [3.05, 3.63) is 170 Å². The van der Waals surface area contributed by atoms with E-state index in [4.69, 9.17) is 28.8 Å². The summed E-state index contributed by atoms with van der Waals surface area (Å²) < 4.78 is 15.6. The summed E-state index contributed by atoms with van der Waals surface area (Å²) in [4.78, 5) is 21.0. The normalized spacial score (nSPS) is 11.9. The fourth-order valence-corrected chi connectivity index (χ4v) is 9.37. The Hall–Kier alpha value is -7.48. The van der Waals surface area contributed by atoms with E-state index in [0.717, 1.165) is 82.6 Å². The number of fused-ring (bicyclic) bond motifs is 9. The summed E-state index contributed by atoms with van der Waals surface area (Å²) in [6.45, 7) is 0. The lowest BCUT2D eigenvalue weighted by Crippen LogP contribution is -2.02. The van der Waals surface area contributed by atoms with Crippen LogP contribution in [0.25, 0.3) is 121 Å². The van der Waals surface area contributed by atoms with Crippen molar-refractivity contribution in [3.63, 3.8) is 0 Å². The van der Waals surface area contributed by atoms with Gasteiger partial charge in [0.1, 0.15) is 16.7 Å². The molecule has 12 aromatic rings. The van der Waals surface area contributed by atoms with Crippen LogP contribution in [0.2, 0.25) is 0 Å². The first-order chi connectivity index (χ1) is 28.2. The van der Waals surface area contributed by atoms with Crippen LogP contribution in [0.3, 0.4) is 0 Å². The number of thiophene rings is 1. The average Bonchev–Trinajstić information content (AvgIpc) is 4.00. The molecule has 0 N–H and O–H groups in total. The van der Waals surface area contributed by atoms with Crippen molar-refractivity contribution < 1.29 is 8.83 Å². The second kappa shape index (κ2) is 12.5. The molecule has 57 heavy (non-hydrogen) atoms. The molecule has 0 radical (unpaired) electrons. The summed E-state index contributed by atoms with van der Waals surface area (Å²) in [7, 11) is 0. The Labute approximate surface area is 329 Å². The fraction of sp³-hybridized carbons (Fsp3) is 0. The zero-order chi connectivity index (χ0) is 37.5. The Bertz CT molecular complexity index is 3530. The van der Waals surface area contributed by atoms with Crippen molar-refractivity contribution >= 4 is 75.3 Å². The van der Waals surface area contributed by atoms with Gasteiger partial charge >= 0.3 is 0 Å². The quantitative estimate of drug-likeness (QED) is 0.174. The number of para-hydroxylation sites is 1. The SMILES string of the molecule is c1ccc(-c2nc(-c3c(-c4cccc5ccc6nc(-c7ccccc7)oc6c45)ccc4oc5ccccc5c34)nc(-c3cccc4sc5ccccc5c34)n2)cc1. The minimum absolute atomic E-state index is 0.550. The monoisotopic (exact) mass is 748 g/mol. The van der Waals surface area contributed by atoms with Gasteiger partial charge in [0.25, 0.3) is 0 Å². The summed E-state index contributed by atoms with van der Waals surface area (Å²) in [5.41, 5.74) is 8.61. The number of nitrogens with zero attached hydrogens (tertiary/aromatic N) is 4. The third-order valence-electron chi connectivity index (χ3n) is 10.8. The van der Waals surface area contributed by atoms with Gasteiger partial charge in [-0.3, -0.25) is 0 Å². The molecular formula is C50H28N4O2S. The number of hydrogen-bond donors (Lipinski definition) is 0. The first-order valence-corrected chi connectivity index (χ1v) is 19.6. The van der Waals surface area contributed by atoms with Gasteiger partial charge in [-0.1, -0.05) is 121 Å². The molecule has 7 heteroatoms. The Morgan fingerprint density at radius 1 is 0.386 bits per heavy atom. The van der Waals surface area contributed by atoms with Gasteiger partial charge < -0.3 is 8.83 Å². The molecule has 0 saturated heterocycles. The Morgan fingerprint density at radius 3 is 1.96 bits per heavy atom. The number of furan rings is 1. The van der Waals surface area contributed by atoms with E-state index in [-0.39, 0.29) is 0 Å². The van der Waals surface area contributed by atoms with E-state index in [1.54, 1.807) is 11.3 Å². The van der Waals surface area contributed by atoms with Gasteiger partial charge in [0, 0.05) is 58.6 Å². The summed E-state index contributed by atoms with van der Waals surface area (Å²) in [5, 5.41) is 6.24. The van der Waals surface area contributed by atoms with Gasteiger partial charge in [-0.25, -0.2) is 19.9 Å². The third-order valence-corrected chi connectivity index (χ3v) is 11.9. The lowest BCUT2D eigenvalue weighted by Gasteiger charge is -2.15. The van der Waals surface area contributed by atoms with E-state index in [1.165, 1.54) is 14.8 Å². The Balaban J connectivity index is 1.20. The second-order valence-electron chi connectivity index (χ2n) is 14.1. The van der Waals surface area contributed by atoms with Crippen molar-refractivity contribution in [1.29, 1.82) is 0 Å². The molecule has 0 unspecified atom stereocenters. The van der Waals surface area contributed by atoms with Crippen LogP contribution in [0, 0.1) is 0 Å². The maximum absolute atomic E-state index is 6.67. The molecule has 266 valence electrons. The lowest BCUT2D eigenvalue weighted by atomic mass is 9.91. The molecule has 0 aliphatic rings. The van der Waals surface area contributed by atoms with E-state index in [9.17, 15) is 0 Å². The molecule has 4 aromatic heterocycles. The maximum Gasteiger partial charge on any atom is 0.227 e. The van der Waals surface area contributed by atoms with Gasteiger partial charge in [-0.15, -0.1) is 11.3 Å². The van der Waals surface area contributed by atoms with Crippen molar-refractivity contribution in [1.82, 2.24) is 19.9 Å². The molecule has 0 spiro atoms. The number of aromatic nitrogens is 4. The average molecular weight is 749 g/mol. The summed E-state index contributed by atoms with van der Waals surface area (Å²) in [6.07, 6.45) is 0. The minimum atomic E-state index is 0.550. The summed E-state index contributed by atoms with van der Waals surface area (Å²) >= 11 is 1.78. The van der Waals surface area contributed by atoms with Crippen LogP contribution in [0.1, 0.15) is 0 Å². The van der Waals surface area contributed by atoms with Gasteiger partial charge in [0.05, 0.1) is 0 Å². The van der Waals surface area contributed by atoms with Crippen molar-refractivity contribution in [3.8, 4) is 56.7 Å². The van der Waals surface area contributed by atoms with Crippen molar-refractivity contribution in [2.24, 2.45) is 0 Å². The molecule has 8 aromatic carbocycles. The predicted octanol–water partition coefficient (Wildman–Crippen LogP) is 13.8. The number of benzene rings is 8. The Morgan fingerprint density at radius 2 is 1.09 bits per heavy atom. The smallest absolute Gasteiger partial charge is 0.227 e. The zero-order valence-corrected chi connectivity index (χ0v) is 31.0. The molecule has 0 bridgehead atoms. The zero-order valence-electron chi connectivity index (χ0n) is 30.2. The highest BCUT2D eigenvalue weighted by atomic mass is 32.1. The number of oxazole rings is 1. The molecule has 4 heterocycles. The molecular weight excluding hydrogens is 721 g/mol. The van der Waals surface area contributed by atoms with E-state index in [2.05, 4.69) is 84.9 Å². The fourth-order valence-electron chi connectivity index (χ4n) is 8.24. The number of hydrogen-bond acceptors (Lipinski definition) is 7. The van der Waals surface area contributed by atoms with Crippen LogP contribution in [0.4, 0.5) is 0 Å². The van der Waals surface area contributed by atoms with E-state index < -0.39 is 0 Å². The molecule has 0 amide bonds. The van der Waals surface area contributed by atoms with Crippen molar-refractivity contribution in [2.75, 3.05) is 0 Å². The van der Waals surface area contributed by atoms with E-state index in [1.807, 2.05) is 84.9 Å². The summed E-state index contributed by atoms with van der Waals surface area (Å²) in [6, 6.07) is 58.0. The van der Waals surface area contributed by atoms with Gasteiger partial charge in [-0.2, -0.15) is 0 Å². The molecule has 0 atom stereocenters. The van der Waals surface area contributed by atoms with Gasteiger partial charge in [0.2, 0.25) is 5.89 Å². The first kappa shape index (κ1) is 31.8. The van der Waals surface area contributed by atoms with Gasteiger partial charge in [-0.05, 0) is 65.0 Å². The van der Waals surface area contributed by atoms with Crippen LogP contribution < -0.4 is 0 Å². The predicted molar refractivity (Wildman–Crippen MR) is 232 cm³/mol.